The van der Waals surface area contributed by atoms with Gasteiger partial charge in [-0.25, -0.2) is 0 Å². The van der Waals surface area contributed by atoms with Gasteiger partial charge in [-0.15, -0.1) is 0 Å². The molecule has 0 aromatic heterocycles. The van der Waals surface area contributed by atoms with E-state index in [1.165, 1.54) is 83.7 Å². The molecular weight excluding hydrogens is 258 g/mol. The van der Waals surface area contributed by atoms with Gasteiger partial charge in [0.25, 0.3) is 0 Å². The molecule has 2 heteroatoms. The lowest BCUT2D eigenvalue weighted by molar-refractivity contribution is 0.000562. The third-order valence-corrected chi connectivity index (χ3v) is 5.63. The summed E-state index contributed by atoms with van der Waals surface area (Å²) in [4.78, 5) is 2.80. The van der Waals surface area contributed by atoms with Gasteiger partial charge in [0.15, 0.2) is 0 Å². The minimum atomic E-state index is 0.565. The number of nitrogens with zero attached hydrogens (tertiary/aromatic N) is 1. The van der Waals surface area contributed by atoms with E-state index in [4.69, 9.17) is 4.74 Å². The lowest BCUT2D eigenvalue weighted by atomic mass is 9.87. The molecule has 1 heterocycles. The zero-order chi connectivity index (χ0) is 14.9. The van der Waals surface area contributed by atoms with Crippen molar-refractivity contribution in [2.45, 2.75) is 96.6 Å². The van der Waals surface area contributed by atoms with Gasteiger partial charge in [0, 0.05) is 12.6 Å². The van der Waals surface area contributed by atoms with Gasteiger partial charge in [-0.2, -0.15) is 0 Å². The van der Waals surface area contributed by atoms with E-state index in [1.54, 1.807) is 0 Å². The van der Waals surface area contributed by atoms with Crippen LogP contribution in [0.4, 0.5) is 0 Å². The Morgan fingerprint density at radius 2 is 1.52 bits per heavy atom. The van der Waals surface area contributed by atoms with Crippen LogP contribution in [0, 0.1) is 5.92 Å². The molecule has 2 fully saturated rings. The van der Waals surface area contributed by atoms with Gasteiger partial charge in [-0.3, -0.25) is 0 Å². The van der Waals surface area contributed by atoms with E-state index in [1.807, 2.05) is 0 Å². The summed E-state index contributed by atoms with van der Waals surface area (Å²) in [7, 11) is 0. The number of piperidine rings is 1. The molecule has 124 valence electrons. The molecule has 0 atom stereocenters. The van der Waals surface area contributed by atoms with Crippen LogP contribution in [0.3, 0.4) is 0 Å². The molecule has 1 saturated carbocycles. The molecule has 21 heavy (non-hydrogen) atoms. The summed E-state index contributed by atoms with van der Waals surface area (Å²) in [5.41, 5.74) is 0. The Labute approximate surface area is 132 Å². The maximum atomic E-state index is 6.00. The van der Waals surface area contributed by atoms with Crippen LogP contribution < -0.4 is 0 Å². The summed E-state index contributed by atoms with van der Waals surface area (Å²) in [5, 5.41) is 0. The predicted octanol–water partition coefficient (Wildman–Crippen LogP) is 5.02. The van der Waals surface area contributed by atoms with Crippen molar-refractivity contribution in [1.29, 1.82) is 0 Å². The van der Waals surface area contributed by atoms with Crippen molar-refractivity contribution in [3.05, 3.63) is 0 Å². The van der Waals surface area contributed by atoms with Crippen LogP contribution >= 0.6 is 0 Å². The normalized spacial score (nSPS) is 28.9. The Morgan fingerprint density at radius 3 is 2.14 bits per heavy atom. The van der Waals surface area contributed by atoms with Crippen LogP contribution in [0.1, 0.15) is 84.5 Å². The van der Waals surface area contributed by atoms with Crippen LogP contribution in [-0.2, 0) is 4.74 Å². The third-order valence-electron chi connectivity index (χ3n) is 5.63. The maximum absolute atomic E-state index is 6.00. The molecule has 0 aromatic carbocycles. The third kappa shape index (κ3) is 5.90. The Balaban J connectivity index is 1.60. The number of unbranched alkanes of at least 4 members (excludes halogenated alkanes) is 2. The largest absolute Gasteiger partial charge is 0.378 e. The SMILES string of the molecule is CCCCOC1CCC(N2CCC(CCCC)CC2)CC1. The van der Waals surface area contributed by atoms with Crippen molar-refractivity contribution < 1.29 is 4.74 Å². The lowest BCUT2D eigenvalue weighted by Gasteiger charge is -2.40. The molecular formula is C19H37NO. The molecule has 0 bridgehead atoms. The Morgan fingerprint density at radius 1 is 0.857 bits per heavy atom. The minimum absolute atomic E-state index is 0.565. The second-order valence-corrected chi connectivity index (χ2v) is 7.28. The summed E-state index contributed by atoms with van der Waals surface area (Å²) < 4.78 is 6.00. The number of likely N-dealkylation sites (tertiary alicyclic amines) is 1. The minimum Gasteiger partial charge on any atom is -0.378 e. The standard InChI is InChI=1S/C19H37NO/c1-3-5-7-17-12-14-20(15-13-17)18-8-10-19(11-9-18)21-16-6-4-2/h17-19H,3-16H2,1-2H3. The van der Waals surface area contributed by atoms with Crippen LogP contribution in [-0.4, -0.2) is 36.7 Å². The first-order valence-electron chi connectivity index (χ1n) is 9.69. The molecule has 0 N–H and O–H groups in total. The van der Waals surface area contributed by atoms with E-state index in [0.29, 0.717) is 6.10 Å². The Kier molecular flexibility index (Phi) is 8.10. The van der Waals surface area contributed by atoms with E-state index < -0.39 is 0 Å². The van der Waals surface area contributed by atoms with Crippen LogP contribution in [0.15, 0.2) is 0 Å². The first kappa shape index (κ1) is 17.3. The van der Waals surface area contributed by atoms with Crippen molar-refractivity contribution in [3.63, 3.8) is 0 Å². The maximum Gasteiger partial charge on any atom is 0.0576 e. The topological polar surface area (TPSA) is 12.5 Å². The van der Waals surface area contributed by atoms with Gasteiger partial charge in [-0.1, -0.05) is 39.5 Å². The fourth-order valence-electron chi connectivity index (χ4n) is 4.07. The lowest BCUT2D eigenvalue weighted by Crippen LogP contribution is -2.44. The summed E-state index contributed by atoms with van der Waals surface area (Å²) in [6.07, 6.45) is 15.6. The van der Waals surface area contributed by atoms with E-state index in [2.05, 4.69) is 18.7 Å². The predicted molar refractivity (Wildman–Crippen MR) is 90.7 cm³/mol. The average molecular weight is 296 g/mol. The molecule has 2 rings (SSSR count). The molecule has 0 unspecified atom stereocenters. The first-order chi connectivity index (χ1) is 10.3. The van der Waals surface area contributed by atoms with Gasteiger partial charge < -0.3 is 9.64 Å². The average Bonchev–Trinajstić information content (AvgIpc) is 2.54. The quantitative estimate of drug-likeness (QED) is 0.583. The Hall–Kier alpha value is -0.0800. The highest BCUT2D eigenvalue weighted by molar-refractivity contribution is 4.83. The van der Waals surface area contributed by atoms with Gasteiger partial charge in [-0.05, 0) is 64.0 Å². The van der Waals surface area contributed by atoms with E-state index in [-0.39, 0.29) is 0 Å². The summed E-state index contributed by atoms with van der Waals surface area (Å²) in [6, 6.07) is 0.864. The molecule has 2 nitrogen and oxygen atoms in total. The van der Waals surface area contributed by atoms with Crippen LogP contribution in [0.2, 0.25) is 0 Å². The van der Waals surface area contributed by atoms with Gasteiger partial charge in [0.1, 0.15) is 0 Å². The molecule has 0 amide bonds. The number of ether oxygens (including phenoxy) is 1. The van der Waals surface area contributed by atoms with Gasteiger partial charge in [0.2, 0.25) is 0 Å². The molecule has 2 aliphatic rings. The van der Waals surface area contributed by atoms with Crippen LogP contribution in [0.25, 0.3) is 0 Å². The number of hydrogen-bond acceptors (Lipinski definition) is 2. The molecule has 0 spiro atoms. The monoisotopic (exact) mass is 295 g/mol. The highest BCUT2D eigenvalue weighted by Crippen LogP contribution is 2.30. The van der Waals surface area contributed by atoms with Crippen LogP contribution in [0.5, 0.6) is 0 Å². The van der Waals surface area contributed by atoms with Crippen molar-refractivity contribution in [1.82, 2.24) is 4.90 Å². The first-order valence-corrected chi connectivity index (χ1v) is 9.69. The molecule has 0 aromatic rings. The zero-order valence-corrected chi connectivity index (χ0v) is 14.5. The zero-order valence-electron chi connectivity index (χ0n) is 14.5. The second kappa shape index (κ2) is 9.84. The molecule has 1 aliphatic carbocycles. The van der Waals surface area contributed by atoms with Crippen molar-refractivity contribution >= 4 is 0 Å². The van der Waals surface area contributed by atoms with Gasteiger partial charge in [0.05, 0.1) is 6.10 Å². The fraction of sp³-hybridized carbons (Fsp3) is 1.00. The molecule has 1 saturated heterocycles. The highest BCUT2D eigenvalue weighted by atomic mass is 16.5. The number of hydrogen-bond donors (Lipinski definition) is 0. The molecule has 1 aliphatic heterocycles. The fourth-order valence-corrected chi connectivity index (χ4v) is 4.07. The van der Waals surface area contributed by atoms with Crippen molar-refractivity contribution in [2.24, 2.45) is 5.92 Å². The highest BCUT2D eigenvalue weighted by Gasteiger charge is 2.28. The second-order valence-electron chi connectivity index (χ2n) is 7.28. The van der Waals surface area contributed by atoms with E-state index >= 15 is 0 Å². The smallest absolute Gasteiger partial charge is 0.0576 e. The van der Waals surface area contributed by atoms with E-state index in [9.17, 15) is 0 Å². The van der Waals surface area contributed by atoms with Crippen molar-refractivity contribution in [2.75, 3.05) is 19.7 Å². The van der Waals surface area contributed by atoms with E-state index in [0.717, 1.165) is 18.6 Å². The number of rotatable bonds is 8. The summed E-state index contributed by atoms with van der Waals surface area (Å²) in [5.74, 6) is 1.02. The van der Waals surface area contributed by atoms with Gasteiger partial charge >= 0.3 is 0 Å². The summed E-state index contributed by atoms with van der Waals surface area (Å²) in [6.45, 7) is 8.26. The van der Waals surface area contributed by atoms with Crippen molar-refractivity contribution in [3.8, 4) is 0 Å². The molecule has 0 radical (unpaired) electrons. The summed E-state index contributed by atoms with van der Waals surface area (Å²) >= 11 is 0. The Bertz CT molecular complexity index is 252.